The first kappa shape index (κ1) is 24.3. The Hall–Kier alpha value is -4.38. The van der Waals surface area contributed by atoms with Crippen LogP contribution in [0.5, 0.6) is 5.75 Å². The molecule has 5 heteroatoms. The Kier molecular flexibility index (Phi) is 7.91. The van der Waals surface area contributed by atoms with Gasteiger partial charge in [0, 0.05) is 13.0 Å². The average molecular weight is 490 g/mol. The first-order valence-corrected chi connectivity index (χ1v) is 12.8. The fraction of sp³-hybridized carbons (Fsp3) is 0.188. The van der Waals surface area contributed by atoms with Crippen LogP contribution in [0.1, 0.15) is 17.8 Å². The Bertz CT molecular complexity index is 1430. The summed E-state index contributed by atoms with van der Waals surface area (Å²) in [5, 5.41) is 3.06. The number of aryl methyl sites for hydroxylation is 1. The summed E-state index contributed by atoms with van der Waals surface area (Å²) in [6.45, 7) is 1.90. The van der Waals surface area contributed by atoms with E-state index in [0.29, 0.717) is 19.6 Å². The number of rotatable bonds is 11. The van der Waals surface area contributed by atoms with Gasteiger partial charge in [0.2, 0.25) is 5.91 Å². The van der Waals surface area contributed by atoms with Crippen LogP contribution in [0.2, 0.25) is 0 Å². The van der Waals surface area contributed by atoms with Gasteiger partial charge >= 0.3 is 0 Å². The second-order valence-electron chi connectivity index (χ2n) is 9.02. The molecule has 0 unspecified atom stereocenters. The van der Waals surface area contributed by atoms with E-state index in [9.17, 15) is 4.79 Å². The highest BCUT2D eigenvalue weighted by molar-refractivity contribution is 5.79. The Morgan fingerprint density at radius 1 is 0.784 bits per heavy atom. The maximum atomic E-state index is 12.5. The number of para-hydroxylation sites is 3. The highest BCUT2D eigenvalue weighted by Crippen LogP contribution is 2.20. The third kappa shape index (κ3) is 6.44. The van der Waals surface area contributed by atoms with E-state index in [1.165, 1.54) is 5.56 Å². The standard InChI is InChI=1S/C32H31N3O2/c36-32(24-25-17-19-27(20-18-25)26-10-3-1-4-11-26)33-21-9-16-31-34-29-14-7-8-15-30(29)35(31)22-23-37-28-12-5-2-6-13-28/h1-8,10-15,17-20H,9,16,21-24H2,(H,33,36). The van der Waals surface area contributed by atoms with Gasteiger partial charge in [-0.05, 0) is 47.4 Å². The first-order valence-electron chi connectivity index (χ1n) is 12.8. The lowest BCUT2D eigenvalue weighted by molar-refractivity contribution is -0.120. The Labute approximate surface area is 217 Å². The van der Waals surface area contributed by atoms with Gasteiger partial charge in [-0.1, -0.05) is 84.9 Å². The summed E-state index contributed by atoms with van der Waals surface area (Å²) in [6, 6.07) is 36.5. The molecule has 5 rings (SSSR count). The van der Waals surface area contributed by atoms with E-state index in [1.54, 1.807) is 0 Å². The van der Waals surface area contributed by atoms with E-state index in [1.807, 2.05) is 78.9 Å². The van der Waals surface area contributed by atoms with Crippen molar-refractivity contribution in [1.29, 1.82) is 0 Å². The number of carbonyl (C=O) groups excluding carboxylic acids is 1. The quantitative estimate of drug-likeness (QED) is 0.229. The van der Waals surface area contributed by atoms with Gasteiger partial charge in [-0.2, -0.15) is 0 Å². The van der Waals surface area contributed by atoms with E-state index >= 15 is 0 Å². The summed E-state index contributed by atoms with van der Waals surface area (Å²) in [5.74, 6) is 1.92. The highest BCUT2D eigenvalue weighted by atomic mass is 16.5. The van der Waals surface area contributed by atoms with Gasteiger partial charge in [0.05, 0.1) is 24.0 Å². The van der Waals surface area contributed by atoms with Gasteiger partial charge in [-0.25, -0.2) is 4.98 Å². The van der Waals surface area contributed by atoms with Gasteiger partial charge < -0.3 is 14.6 Å². The maximum Gasteiger partial charge on any atom is 0.224 e. The fourth-order valence-electron chi connectivity index (χ4n) is 4.51. The van der Waals surface area contributed by atoms with Crippen molar-refractivity contribution in [3.8, 4) is 16.9 Å². The van der Waals surface area contributed by atoms with Gasteiger partial charge in [-0.3, -0.25) is 4.79 Å². The molecule has 186 valence electrons. The van der Waals surface area contributed by atoms with Crippen molar-refractivity contribution < 1.29 is 9.53 Å². The summed E-state index contributed by atoms with van der Waals surface area (Å²) in [4.78, 5) is 17.4. The van der Waals surface area contributed by atoms with Crippen LogP contribution in [-0.4, -0.2) is 28.6 Å². The molecule has 0 spiro atoms. The minimum atomic E-state index is 0.0391. The van der Waals surface area contributed by atoms with Crippen LogP contribution in [0.15, 0.2) is 109 Å². The van der Waals surface area contributed by atoms with Crippen molar-refractivity contribution >= 4 is 16.9 Å². The molecule has 1 amide bonds. The van der Waals surface area contributed by atoms with Crippen LogP contribution >= 0.6 is 0 Å². The molecular weight excluding hydrogens is 458 g/mol. The molecule has 4 aromatic carbocycles. The average Bonchev–Trinajstić information content (AvgIpc) is 3.30. The van der Waals surface area contributed by atoms with Crippen molar-refractivity contribution in [3.05, 3.63) is 121 Å². The molecule has 0 aliphatic heterocycles. The number of carbonyl (C=O) groups is 1. The number of amides is 1. The number of aromatic nitrogens is 2. The normalized spacial score (nSPS) is 10.9. The number of hydrogen-bond acceptors (Lipinski definition) is 3. The SMILES string of the molecule is O=C(Cc1ccc(-c2ccccc2)cc1)NCCCc1nc2ccccc2n1CCOc1ccccc1. The van der Waals surface area contributed by atoms with Crippen molar-refractivity contribution in [1.82, 2.24) is 14.9 Å². The van der Waals surface area contributed by atoms with Gasteiger partial charge in [0.15, 0.2) is 0 Å². The molecule has 1 N–H and O–H groups in total. The third-order valence-electron chi connectivity index (χ3n) is 6.39. The van der Waals surface area contributed by atoms with E-state index in [2.05, 4.69) is 40.2 Å². The third-order valence-corrected chi connectivity index (χ3v) is 6.39. The molecule has 0 aliphatic rings. The van der Waals surface area contributed by atoms with Crippen LogP contribution in [0.4, 0.5) is 0 Å². The highest BCUT2D eigenvalue weighted by Gasteiger charge is 2.11. The molecule has 5 aromatic rings. The zero-order chi connectivity index (χ0) is 25.3. The second kappa shape index (κ2) is 12.0. The lowest BCUT2D eigenvalue weighted by atomic mass is 10.0. The Balaban J connectivity index is 1.12. The summed E-state index contributed by atoms with van der Waals surface area (Å²) in [5.41, 5.74) is 5.44. The van der Waals surface area contributed by atoms with Gasteiger partial charge in [0.25, 0.3) is 0 Å². The molecule has 5 nitrogen and oxygen atoms in total. The van der Waals surface area contributed by atoms with Crippen LogP contribution in [0, 0.1) is 0 Å². The predicted octanol–water partition coefficient (Wildman–Crippen LogP) is 6.07. The van der Waals surface area contributed by atoms with Crippen LogP contribution in [0.25, 0.3) is 22.2 Å². The van der Waals surface area contributed by atoms with Crippen molar-refractivity contribution in [3.63, 3.8) is 0 Å². The number of nitrogens with zero attached hydrogens (tertiary/aromatic N) is 2. The zero-order valence-electron chi connectivity index (χ0n) is 20.8. The van der Waals surface area contributed by atoms with E-state index in [-0.39, 0.29) is 5.91 Å². The molecule has 0 atom stereocenters. The number of benzene rings is 4. The summed E-state index contributed by atoms with van der Waals surface area (Å²) in [6.07, 6.45) is 1.98. The topological polar surface area (TPSA) is 56.2 Å². The molecule has 1 aromatic heterocycles. The van der Waals surface area contributed by atoms with Crippen molar-refractivity contribution in [2.75, 3.05) is 13.2 Å². The van der Waals surface area contributed by atoms with Crippen LogP contribution < -0.4 is 10.1 Å². The molecule has 1 heterocycles. The number of imidazole rings is 1. The molecule has 0 fully saturated rings. The number of hydrogen-bond donors (Lipinski definition) is 1. The lowest BCUT2D eigenvalue weighted by Crippen LogP contribution is -2.26. The monoisotopic (exact) mass is 489 g/mol. The molecule has 0 radical (unpaired) electrons. The maximum absolute atomic E-state index is 12.5. The van der Waals surface area contributed by atoms with E-state index in [0.717, 1.165) is 53.1 Å². The molecule has 0 aliphatic carbocycles. The summed E-state index contributed by atoms with van der Waals surface area (Å²) in [7, 11) is 0. The van der Waals surface area contributed by atoms with Crippen LogP contribution in [-0.2, 0) is 24.2 Å². The molecule has 0 bridgehead atoms. The number of fused-ring (bicyclic) bond motifs is 1. The van der Waals surface area contributed by atoms with E-state index in [4.69, 9.17) is 9.72 Å². The molecule has 0 saturated heterocycles. The van der Waals surface area contributed by atoms with Gasteiger partial charge in [-0.15, -0.1) is 0 Å². The van der Waals surface area contributed by atoms with Crippen molar-refractivity contribution in [2.45, 2.75) is 25.8 Å². The zero-order valence-corrected chi connectivity index (χ0v) is 20.8. The first-order chi connectivity index (χ1) is 18.3. The number of nitrogens with one attached hydrogen (secondary N) is 1. The number of ether oxygens (including phenoxy) is 1. The van der Waals surface area contributed by atoms with Crippen molar-refractivity contribution in [2.24, 2.45) is 0 Å². The predicted molar refractivity (Wildman–Crippen MR) is 149 cm³/mol. The molecule has 0 saturated carbocycles. The molecule has 37 heavy (non-hydrogen) atoms. The lowest BCUT2D eigenvalue weighted by Gasteiger charge is -2.11. The van der Waals surface area contributed by atoms with E-state index < -0.39 is 0 Å². The minimum absolute atomic E-state index is 0.0391. The fourth-order valence-corrected chi connectivity index (χ4v) is 4.51. The Morgan fingerprint density at radius 3 is 2.24 bits per heavy atom. The minimum Gasteiger partial charge on any atom is -0.492 e. The Morgan fingerprint density at radius 2 is 1.46 bits per heavy atom. The largest absolute Gasteiger partial charge is 0.492 e. The summed E-state index contributed by atoms with van der Waals surface area (Å²) < 4.78 is 8.15. The summed E-state index contributed by atoms with van der Waals surface area (Å²) >= 11 is 0. The van der Waals surface area contributed by atoms with Gasteiger partial charge in [0.1, 0.15) is 18.2 Å². The molecular formula is C32H31N3O2. The second-order valence-corrected chi connectivity index (χ2v) is 9.02. The smallest absolute Gasteiger partial charge is 0.224 e. The van der Waals surface area contributed by atoms with Crippen LogP contribution in [0.3, 0.4) is 0 Å².